The van der Waals surface area contributed by atoms with E-state index in [9.17, 15) is 0 Å². The Hall–Kier alpha value is -0.570. The van der Waals surface area contributed by atoms with E-state index in [0.29, 0.717) is 5.92 Å². The van der Waals surface area contributed by atoms with Crippen LogP contribution in [0.15, 0.2) is 0 Å². The largest absolute Gasteiger partial charge is 0.360 e. The third-order valence-electron chi connectivity index (χ3n) is 5.68. The number of fused-ring (bicyclic) bond motifs is 1. The second-order valence-electron chi connectivity index (χ2n) is 6.91. The van der Waals surface area contributed by atoms with Gasteiger partial charge in [0.2, 0.25) is 0 Å². The van der Waals surface area contributed by atoms with E-state index in [0.717, 1.165) is 30.9 Å². The Kier molecular flexibility index (Phi) is 4.11. The lowest BCUT2D eigenvalue weighted by Crippen LogP contribution is -2.54. The van der Waals surface area contributed by atoms with Crippen molar-refractivity contribution in [2.75, 3.05) is 26.7 Å². The third kappa shape index (κ3) is 2.81. The quantitative estimate of drug-likeness (QED) is 0.582. The molecule has 0 aromatic heterocycles. The smallest absolute Gasteiger partial charge is 0.0989 e. The van der Waals surface area contributed by atoms with Gasteiger partial charge in [0.25, 0.3) is 0 Å². The Morgan fingerprint density at radius 3 is 2.53 bits per heavy atom. The molecule has 1 saturated carbocycles. The average Bonchev–Trinajstić information content (AvgIpc) is 2.47. The predicted molar refractivity (Wildman–Crippen MR) is 79.6 cm³/mol. The standard InChI is InChI=1S/C16H29N3/c1-18-10-5-8-14-12-19(11-9-15(14)18)16(17)13-6-3-2-4-7-13/h13-15,17H,2-12H2,1H3. The highest BCUT2D eigenvalue weighted by molar-refractivity contribution is 5.81. The molecule has 2 aliphatic heterocycles. The van der Waals surface area contributed by atoms with E-state index >= 15 is 0 Å². The number of likely N-dealkylation sites (tertiary alicyclic amines) is 2. The van der Waals surface area contributed by atoms with E-state index in [1.165, 1.54) is 57.9 Å². The molecule has 3 heteroatoms. The Bertz CT molecular complexity index is 322. The molecule has 19 heavy (non-hydrogen) atoms. The summed E-state index contributed by atoms with van der Waals surface area (Å²) in [6, 6.07) is 0.796. The first-order chi connectivity index (χ1) is 9.25. The second-order valence-corrected chi connectivity index (χ2v) is 6.91. The van der Waals surface area contributed by atoms with Crippen LogP contribution in [0.2, 0.25) is 0 Å². The lowest BCUT2D eigenvalue weighted by molar-refractivity contribution is 0.0607. The van der Waals surface area contributed by atoms with E-state index in [4.69, 9.17) is 5.41 Å². The molecule has 0 spiro atoms. The van der Waals surface area contributed by atoms with E-state index < -0.39 is 0 Å². The van der Waals surface area contributed by atoms with Gasteiger partial charge in [0.15, 0.2) is 0 Å². The SMILES string of the molecule is CN1CCCC2CN(C(=N)C3CCCCC3)CCC21. The van der Waals surface area contributed by atoms with E-state index in [1.807, 2.05) is 0 Å². The molecule has 1 aliphatic carbocycles. The van der Waals surface area contributed by atoms with Gasteiger partial charge >= 0.3 is 0 Å². The number of rotatable bonds is 1. The summed E-state index contributed by atoms with van der Waals surface area (Å²) in [6.07, 6.45) is 10.6. The third-order valence-corrected chi connectivity index (χ3v) is 5.68. The summed E-state index contributed by atoms with van der Waals surface area (Å²) in [6.45, 7) is 3.56. The van der Waals surface area contributed by atoms with Gasteiger partial charge in [0.05, 0.1) is 5.84 Å². The number of nitrogens with zero attached hydrogens (tertiary/aromatic N) is 2. The maximum absolute atomic E-state index is 8.55. The van der Waals surface area contributed by atoms with Gasteiger partial charge < -0.3 is 9.80 Å². The minimum atomic E-state index is 0.576. The monoisotopic (exact) mass is 263 g/mol. The van der Waals surface area contributed by atoms with E-state index in [2.05, 4.69) is 16.8 Å². The van der Waals surface area contributed by atoms with Crippen LogP contribution in [0.1, 0.15) is 51.4 Å². The highest BCUT2D eigenvalue weighted by atomic mass is 15.2. The normalized spacial score (nSPS) is 34.1. The van der Waals surface area contributed by atoms with Gasteiger partial charge in [-0.25, -0.2) is 0 Å². The van der Waals surface area contributed by atoms with Crippen molar-refractivity contribution in [3.63, 3.8) is 0 Å². The van der Waals surface area contributed by atoms with Crippen LogP contribution in [-0.2, 0) is 0 Å². The molecular formula is C16H29N3. The fourth-order valence-electron chi connectivity index (χ4n) is 4.51. The maximum atomic E-state index is 8.55. The molecule has 0 aromatic carbocycles. The second kappa shape index (κ2) is 5.82. The molecule has 2 atom stereocenters. The Morgan fingerprint density at radius 1 is 0.947 bits per heavy atom. The van der Waals surface area contributed by atoms with Crippen molar-refractivity contribution in [3.8, 4) is 0 Å². The molecule has 1 N–H and O–H groups in total. The fraction of sp³-hybridized carbons (Fsp3) is 0.938. The van der Waals surface area contributed by atoms with Gasteiger partial charge in [-0.3, -0.25) is 5.41 Å². The minimum absolute atomic E-state index is 0.576. The molecule has 0 aromatic rings. The molecule has 0 bridgehead atoms. The van der Waals surface area contributed by atoms with Crippen molar-refractivity contribution in [2.24, 2.45) is 11.8 Å². The maximum Gasteiger partial charge on any atom is 0.0989 e. The first kappa shape index (κ1) is 13.4. The minimum Gasteiger partial charge on any atom is -0.360 e. The van der Waals surface area contributed by atoms with Crippen molar-refractivity contribution in [1.29, 1.82) is 5.41 Å². The Balaban J connectivity index is 1.59. The van der Waals surface area contributed by atoms with Crippen molar-refractivity contribution >= 4 is 5.84 Å². The van der Waals surface area contributed by atoms with Gasteiger partial charge in [-0.2, -0.15) is 0 Å². The van der Waals surface area contributed by atoms with E-state index in [-0.39, 0.29) is 0 Å². The Labute approximate surface area is 117 Å². The summed E-state index contributed by atoms with van der Waals surface area (Å²) < 4.78 is 0. The van der Waals surface area contributed by atoms with Gasteiger partial charge in [0.1, 0.15) is 0 Å². The molecule has 108 valence electrons. The topological polar surface area (TPSA) is 30.3 Å². The van der Waals surface area contributed by atoms with Crippen LogP contribution in [-0.4, -0.2) is 48.4 Å². The van der Waals surface area contributed by atoms with Gasteiger partial charge in [-0.15, -0.1) is 0 Å². The van der Waals surface area contributed by atoms with Gasteiger partial charge in [0, 0.05) is 25.0 Å². The fourth-order valence-corrected chi connectivity index (χ4v) is 4.51. The summed E-state index contributed by atoms with van der Waals surface area (Å²) >= 11 is 0. The van der Waals surface area contributed by atoms with Crippen LogP contribution in [0.5, 0.6) is 0 Å². The molecule has 3 fully saturated rings. The zero-order chi connectivity index (χ0) is 13.2. The number of piperidine rings is 2. The molecule has 3 aliphatic rings. The number of hydrogen-bond acceptors (Lipinski definition) is 2. The van der Waals surface area contributed by atoms with Crippen molar-refractivity contribution < 1.29 is 0 Å². The predicted octanol–water partition coefficient (Wildman–Crippen LogP) is 2.96. The molecule has 2 saturated heterocycles. The molecule has 3 rings (SSSR count). The first-order valence-corrected chi connectivity index (χ1v) is 8.29. The lowest BCUT2D eigenvalue weighted by Gasteiger charge is -2.47. The molecular weight excluding hydrogens is 234 g/mol. The number of hydrogen-bond donors (Lipinski definition) is 1. The van der Waals surface area contributed by atoms with Crippen molar-refractivity contribution in [2.45, 2.75) is 57.4 Å². The first-order valence-electron chi connectivity index (χ1n) is 8.29. The summed E-state index contributed by atoms with van der Waals surface area (Å²) in [5.74, 6) is 2.37. The number of amidine groups is 1. The molecule has 2 unspecified atom stereocenters. The molecule has 0 amide bonds. The summed E-state index contributed by atoms with van der Waals surface area (Å²) in [5.41, 5.74) is 0. The highest BCUT2D eigenvalue weighted by Crippen LogP contribution is 2.32. The zero-order valence-corrected chi connectivity index (χ0v) is 12.4. The lowest BCUT2D eigenvalue weighted by atomic mass is 9.82. The van der Waals surface area contributed by atoms with Crippen LogP contribution in [0, 0.1) is 17.2 Å². The molecule has 3 nitrogen and oxygen atoms in total. The van der Waals surface area contributed by atoms with Crippen LogP contribution >= 0.6 is 0 Å². The summed E-state index contributed by atoms with van der Waals surface area (Å²) in [4.78, 5) is 4.99. The molecule has 0 radical (unpaired) electrons. The average molecular weight is 263 g/mol. The van der Waals surface area contributed by atoms with Crippen LogP contribution in [0.3, 0.4) is 0 Å². The zero-order valence-electron chi connectivity index (χ0n) is 12.4. The van der Waals surface area contributed by atoms with Crippen LogP contribution < -0.4 is 0 Å². The van der Waals surface area contributed by atoms with Crippen LogP contribution in [0.25, 0.3) is 0 Å². The van der Waals surface area contributed by atoms with E-state index in [1.54, 1.807) is 0 Å². The molecule has 2 heterocycles. The Morgan fingerprint density at radius 2 is 1.74 bits per heavy atom. The van der Waals surface area contributed by atoms with Crippen LogP contribution in [0.4, 0.5) is 0 Å². The van der Waals surface area contributed by atoms with Gasteiger partial charge in [-0.1, -0.05) is 19.3 Å². The summed E-state index contributed by atoms with van der Waals surface area (Å²) in [5, 5.41) is 8.55. The number of nitrogens with one attached hydrogen (secondary N) is 1. The van der Waals surface area contributed by atoms with Crippen molar-refractivity contribution in [3.05, 3.63) is 0 Å². The van der Waals surface area contributed by atoms with Crippen molar-refractivity contribution in [1.82, 2.24) is 9.80 Å². The van der Waals surface area contributed by atoms with Gasteiger partial charge in [-0.05, 0) is 51.6 Å². The highest BCUT2D eigenvalue weighted by Gasteiger charge is 2.36. The summed E-state index contributed by atoms with van der Waals surface area (Å²) in [7, 11) is 2.29.